The molecule has 0 aromatic heterocycles. The van der Waals surface area contributed by atoms with E-state index in [2.05, 4.69) is 0 Å². The Morgan fingerprint density at radius 2 is 1.65 bits per heavy atom. The molecule has 3 nitrogen and oxygen atoms in total. The molecule has 4 heteroatoms. The summed E-state index contributed by atoms with van der Waals surface area (Å²) in [7, 11) is -3.52. The first-order valence-electron chi connectivity index (χ1n) is 6.62. The van der Waals surface area contributed by atoms with Crippen molar-refractivity contribution in [3.8, 4) is 0 Å². The van der Waals surface area contributed by atoms with Crippen molar-refractivity contribution in [2.24, 2.45) is 0 Å². The predicted molar refractivity (Wildman–Crippen MR) is 82.6 cm³/mol. The third kappa shape index (κ3) is 2.70. The zero-order valence-electron chi connectivity index (χ0n) is 12.0. The molecule has 0 aliphatic heterocycles. The standard InChI is InChI=1S/C16H19NO2S/c1-4-17(15-8-6-5-7-9-15)20(18,19)16-11-10-13(2)12-14(16)3/h5-12H,4H2,1-3H3. The first-order chi connectivity index (χ1) is 9.46. The highest BCUT2D eigenvalue weighted by atomic mass is 32.2. The molecule has 106 valence electrons. The quantitative estimate of drug-likeness (QED) is 0.863. The number of hydrogen-bond acceptors (Lipinski definition) is 2. The molecular weight excluding hydrogens is 270 g/mol. The van der Waals surface area contributed by atoms with Gasteiger partial charge in [-0.1, -0.05) is 35.9 Å². The minimum Gasteiger partial charge on any atom is -0.267 e. The molecule has 2 rings (SSSR count). The van der Waals surface area contributed by atoms with Gasteiger partial charge in [0.05, 0.1) is 10.6 Å². The van der Waals surface area contributed by atoms with Crippen molar-refractivity contribution in [1.82, 2.24) is 0 Å². The fourth-order valence-corrected chi connectivity index (χ4v) is 3.98. The lowest BCUT2D eigenvalue weighted by molar-refractivity contribution is 0.591. The van der Waals surface area contributed by atoms with Crippen molar-refractivity contribution < 1.29 is 8.42 Å². The van der Waals surface area contributed by atoms with E-state index in [0.29, 0.717) is 17.1 Å². The smallest absolute Gasteiger partial charge is 0.264 e. The number of nitrogens with zero attached hydrogens (tertiary/aromatic N) is 1. The second-order valence-electron chi connectivity index (χ2n) is 4.77. The molecule has 0 unspecified atom stereocenters. The van der Waals surface area contributed by atoms with E-state index >= 15 is 0 Å². The van der Waals surface area contributed by atoms with E-state index in [-0.39, 0.29) is 0 Å². The number of anilines is 1. The molecule has 0 amide bonds. The fraction of sp³-hybridized carbons (Fsp3) is 0.250. The van der Waals surface area contributed by atoms with Crippen LogP contribution < -0.4 is 4.31 Å². The maximum Gasteiger partial charge on any atom is 0.264 e. The summed E-state index contributed by atoms with van der Waals surface area (Å²) >= 11 is 0. The Bertz CT molecular complexity index is 694. The Hall–Kier alpha value is -1.81. The van der Waals surface area contributed by atoms with Gasteiger partial charge in [0.2, 0.25) is 0 Å². The monoisotopic (exact) mass is 289 g/mol. The van der Waals surface area contributed by atoms with Gasteiger partial charge in [-0.3, -0.25) is 4.31 Å². The van der Waals surface area contributed by atoms with Crippen molar-refractivity contribution in [2.45, 2.75) is 25.7 Å². The van der Waals surface area contributed by atoms with Crippen molar-refractivity contribution in [3.63, 3.8) is 0 Å². The number of rotatable bonds is 4. The summed E-state index contributed by atoms with van der Waals surface area (Å²) in [4.78, 5) is 0.369. The average Bonchev–Trinajstić information content (AvgIpc) is 2.40. The van der Waals surface area contributed by atoms with Gasteiger partial charge in [0.15, 0.2) is 0 Å². The van der Waals surface area contributed by atoms with Crippen molar-refractivity contribution >= 4 is 15.7 Å². The highest BCUT2D eigenvalue weighted by molar-refractivity contribution is 7.92. The van der Waals surface area contributed by atoms with Crippen LogP contribution in [0.5, 0.6) is 0 Å². The highest BCUT2D eigenvalue weighted by Gasteiger charge is 2.24. The Morgan fingerprint density at radius 1 is 1.00 bits per heavy atom. The van der Waals surface area contributed by atoms with Gasteiger partial charge in [-0.25, -0.2) is 8.42 Å². The van der Waals surface area contributed by atoms with Crippen LogP contribution in [0.3, 0.4) is 0 Å². The molecule has 20 heavy (non-hydrogen) atoms. The van der Waals surface area contributed by atoms with Gasteiger partial charge in [-0.05, 0) is 44.5 Å². The molecule has 0 saturated heterocycles. The topological polar surface area (TPSA) is 37.4 Å². The number of para-hydroxylation sites is 1. The number of benzene rings is 2. The Morgan fingerprint density at radius 3 is 2.20 bits per heavy atom. The van der Waals surface area contributed by atoms with Crippen molar-refractivity contribution in [3.05, 3.63) is 59.7 Å². The van der Waals surface area contributed by atoms with Crippen molar-refractivity contribution in [2.75, 3.05) is 10.8 Å². The van der Waals surface area contributed by atoms with Gasteiger partial charge in [0, 0.05) is 6.54 Å². The van der Waals surface area contributed by atoms with Crippen LogP contribution in [-0.2, 0) is 10.0 Å². The molecule has 2 aromatic carbocycles. The molecule has 0 radical (unpaired) electrons. The molecule has 2 aromatic rings. The average molecular weight is 289 g/mol. The van der Waals surface area contributed by atoms with Crippen LogP contribution in [0.15, 0.2) is 53.4 Å². The van der Waals surface area contributed by atoms with Gasteiger partial charge in [-0.15, -0.1) is 0 Å². The lowest BCUT2D eigenvalue weighted by atomic mass is 10.2. The molecule has 0 atom stereocenters. The molecule has 0 bridgehead atoms. The van der Waals surface area contributed by atoms with Crippen LogP contribution in [0.1, 0.15) is 18.1 Å². The summed E-state index contributed by atoms with van der Waals surface area (Å²) in [6, 6.07) is 14.6. The number of aryl methyl sites for hydroxylation is 2. The molecule has 0 aliphatic rings. The third-order valence-corrected chi connectivity index (χ3v) is 5.29. The zero-order chi connectivity index (χ0) is 14.8. The van der Waals surface area contributed by atoms with Crippen LogP contribution in [0.4, 0.5) is 5.69 Å². The second-order valence-corrected chi connectivity index (χ2v) is 6.61. The first-order valence-corrected chi connectivity index (χ1v) is 8.06. The minimum atomic E-state index is -3.52. The molecule has 0 fully saturated rings. The number of sulfonamides is 1. The summed E-state index contributed by atoms with van der Waals surface area (Å²) in [6.07, 6.45) is 0. The maximum atomic E-state index is 12.8. The van der Waals surface area contributed by atoms with E-state index in [9.17, 15) is 8.42 Å². The van der Waals surface area contributed by atoms with Gasteiger partial charge >= 0.3 is 0 Å². The highest BCUT2D eigenvalue weighted by Crippen LogP contribution is 2.25. The van der Waals surface area contributed by atoms with Crippen LogP contribution in [-0.4, -0.2) is 15.0 Å². The van der Waals surface area contributed by atoms with Gasteiger partial charge in [0.1, 0.15) is 0 Å². The summed E-state index contributed by atoms with van der Waals surface area (Å²) in [5.41, 5.74) is 2.53. The van der Waals surface area contributed by atoms with E-state index in [0.717, 1.165) is 11.1 Å². The Kier molecular flexibility index (Phi) is 4.14. The SMILES string of the molecule is CCN(c1ccccc1)S(=O)(=O)c1ccc(C)cc1C. The van der Waals surface area contributed by atoms with Crippen molar-refractivity contribution in [1.29, 1.82) is 0 Å². The lowest BCUT2D eigenvalue weighted by Gasteiger charge is -2.23. The number of hydrogen-bond donors (Lipinski definition) is 0. The lowest BCUT2D eigenvalue weighted by Crippen LogP contribution is -2.31. The maximum absolute atomic E-state index is 12.8. The molecule has 0 saturated carbocycles. The van der Waals surface area contributed by atoms with E-state index in [4.69, 9.17) is 0 Å². The van der Waals surface area contributed by atoms with E-state index in [1.807, 2.05) is 63.2 Å². The Labute approximate surface area is 120 Å². The molecular formula is C16H19NO2S. The second kappa shape index (κ2) is 5.67. The van der Waals surface area contributed by atoms with Crippen LogP contribution in [0.25, 0.3) is 0 Å². The minimum absolute atomic E-state index is 0.369. The van der Waals surface area contributed by atoms with Gasteiger partial charge < -0.3 is 0 Å². The van der Waals surface area contributed by atoms with Crippen LogP contribution in [0.2, 0.25) is 0 Å². The van der Waals surface area contributed by atoms with Gasteiger partial charge in [0.25, 0.3) is 10.0 Å². The van der Waals surface area contributed by atoms with E-state index in [1.165, 1.54) is 4.31 Å². The summed E-state index contributed by atoms with van der Waals surface area (Å²) in [6.45, 7) is 6.03. The predicted octanol–water partition coefficient (Wildman–Crippen LogP) is 3.52. The Balaban J connectivity index is 2.53. The fourth-order valence-electron chi connectivity index (χ4n) is 2.29. The molecule has 0 aliphatic carbocycles. The first kappa shape index (κ1) is 14.6. The van der Waals surface area contributed by atoms with E-state index in [1.54, 1.807) is 6.07 Å². The normalized spacial score (nSPS) is 11.3. The molecule has 0 N–H and O–H groups in total. The summed E-state index contributed by atoms with van der Waals surface area (Å²) in [5, 5.41) is 0. The summed E-state index contributed by atoms with van der Waals surface area (Å²) in [5.74, 6) is 0. The summed E-state index contributed by atoms with van der Waals surface area (Å²) < 4.78 is 27.1. The zero-order valence-corrected chi connectivity index (χ0v) is 12.8. The van der Waals surface area contributed by atoms with Crippen LogP contribution in [0, 0.1) is 13.8 Å². The molecule has 0 spiro atoms. The third-order valence-electron chi connectivity index (χ3n) is 3.23. The van der Waals surface area contributed by atoms with Crippen LogP contribution >= 0.6 is 0 Å². The molecule has 0 heterocycles. The largest absolute Gasteiger partial charge is 0.267 e. The van der Waals surface area contributed by atoms with Gasteiger partial charge in [-0.2, -0.15) is 0 Å². The van der Waals surface area contributed by atoms with E-state index < -0.39 is 10.0 Å².